The van der Waals surface area contributed by atoms with Crippen molar-refractivity contribution in [3.8, 4) is 0 Å². The first-order chi connectivity index (χ1) is 5.93. The van der Waals surface area contributed by atoms with E-state index in [1.54, 1.807) is 11.3 Å². The van der Waals surface area contributed by atoms with Crippen molar-refractivity contribution in [3.63, 3.8) is 0 Å². The number of carbonyl (C=O) groups excluding carboxylic acids is 1. The Kier molecular flexibility index (Phi) is 4.46. The van der Waals surface area contributed by atoms with Gasteiger partial charge in [-0.25, -0.2) is 0 Å². The molecule has 1 aromatic rings. The maximum absolute atomic E-state index is 9.78. The van der Waals surface area contributed by atoms with Gasteiger partial charge in [0.15, 0.2) is 0 Å². The monoisotopic (exact) mass is 184 g/mol. The van der Waals surface area contributed by atoms with Gasteiger partial charge in [-0.15, -0.1) is 0 Å². The molecule has 0 amide bonds. The number of unbranched alkanes of at least 4 members (excludes halogenated alkanes) is 1. The van der Waals surface area contributed by atoms with E-state index in [2.05, 4.69) is 21.6 Å². The molecule has 0 aliphatic heterocycles. The van der Waals surface area contributed by atoms with Crippen molar-refractivity contribution < 1.29 is 9.53 Å². The Morgan fingerprint density at radius 2 is 2.42 bits per heavy atom. The van der Waals surface area contributed by atoms with Gasteiger partial charge in [0.25, 0.3) is 6.47 Å². The topological polar surface area (TPSA) is 26.3 Å². The predicted molar refractivity (Wildman–Crippen MR) is 49.3 cm³/mol. The first kappa shape index (κ1) is 9.26. The zero-order valence-electron chi connectivity index (χ0n) is 6.86. The summed E-state index contributed by atoms with van der Waals surface area (Å²) < 4.78 is 4.57. The maximum Gasteiger partial charge on any atom is 0.293 e. The van der Waals surface area contributed by atoms with E-state index in [1.807, 2.05) is 0 Å². The third-order valence-corrected chi connectivity index (χ3v) is 2.36. The van der Waals surface area contributed by atoms with Crippen LogP contribution < -0.4 is 0 Å². The number of ether oxygens (including phenoxy) is 1. The molecule has 12 heavy (non-hydrogen) atoms. The molecule has 1 aromatic heterocycles. The van der Waals surface area contributed by atoms with Crippen molar-refractivity contribution in [2.24, 2.45) is 0 Å². The predicted octanol–water partition coefficient (Wildman–Crippen LogP) is 2.24. The standard InChI is InChI=1S/C9H12O2S/c10-8-11-5-2-1-3-9-4-6-12-7-9/h4,6-8H,1-3,5H2. The van der Waals surface area contributed by atoms with E-state index in [9.17, 15) is 4.79 Å². The highest BCUT2D eigenvalue weighted by atomic mass is 32.1. The average Bonchev–Trinajstić information content (AvgIpc) is 2.57. The Bertz CT molecular complexity index is 206. The van der Waals surface area contributed by atoms with Gasteiger partial charge in [0.05, 0.1) is 6.61 Å². The number of thiophene rings is 1. The van der Waals surface area contributed by atoms with Crippen LogP contribution in [0.2, 0.25) is 0 Å². The molecule has 3 heteroatoms. The fourth-order valence-corrected chi connectivity index (χ4v) is 1.70. The summed E-state index contributed by atoms with van der Waals surface area (Å²) in [4.78, 5) is 9.78. The minimum Gasteiger partial charge on any atom is -0.468 e. The van der Waals surface area contributed by atoms with Gasteiger partial charge in [0, 0.05) is 0 Å². The molecule has 66 valence electrons. The zero-order chi connectivity index (χ0) is 8.65. The van der Waals surface area contributed by atoms with Crippen LogP contribution >= 0.6 is 11.3 Å². The van der Waals surface area contributed by atoms with Crippen molar-refractivity contribution >= 4 is 17.8 Å². The average molecular weight is 184 g/mol. The van der Waals surface area contributed by atoms with Crippen LogP contribution in [0, 0.1) is 0 Å². The lowest BCUT2D eigenvalue weighted by molar-refractivity contribution is -0.128. The summed E-state index contributed by atoms with van der Waals surface area (Å²) in [6.07, 6.45) is 3.13. The van der Waals surface area contributed by atoms with Crippen LogP contribution in [0.25, 0.3) is 0 Å². The first-order valence-electron chi connectivity index (χ1n) is 4.00. The van der Waals surface area contributed by atoms with E-state index in [4.69, 9.17) is 0 Å². The van der Waals surface area contributed by atoms with Crippen molar-refractivity contribution in [3.05, 3.63) is 22.4 Å². The lowest BCUT2D eigenvalue weighted by Gasteiger charge is -1.97. The molecular formula is C9H12O2S. The number of hydrogen-bond donors (Lipinski definition) is 0. The van der Waals surface area contributed by atoms with Gasteiger partial charge in [-0.2, -0.15) is 11.3 Å². The molecule has 0 bridgehead atoms. The molecule has 0 saturated carbocycles. The molecule has 0 atom stereocenters. The minimum atomic E-state index is 0.505. The molecular weight excluding hydrogens is 172 g/mol. The summed E-state index contributed by atoms with van der Waals surface area (Å²) >= 11 is 1.72. The van der Waals surface area contributed by atoms with Gasteiger partial charge >= 0.3 is 0 Å². The van der Waals surface area contributed by atoms with E-state index < -0.39 is 0 Å². The highest BCUT2D eigenvalue weighted by Crippen LogP contribution is 2.09. The second kappa shape index (κ2) is 5.77. The zero-order valence-corrected chi connectivity index (χ0v) is 7.68. The molecule has 0 fully saturated rings. The Hall–Kier alpha value is -0.830. The van der Waals surface area contributed by atoms with Crippen LogP contribution in [0.5, 0.6) is 0 Å². The van der Waals surface area contributed by atoms with Crippen LogP contribution in [-0.2, 0) is 16.0 Å². The van der Waals surface area contributed by atoms with Crippen molar-refractivity contribution in [1.29, 1.82) is 0 Å². The van der Waals surface area contributed by atoms with Gasteiger partial charge in [-0.05, 0) is 41.7 Å². The third-order valence-electron chi connectivity index (χ3n) is 1.63. The second-order valence-electron chi connectivity index (χ2n) is 2.56. The quantitative estimate of drug-likeness (QED) is 0.500. The number of hydrogen-bond acceptors (Lipinski definition) is 3. The van der Waals surface area contributed by atoms with Crippen molar-refractivity contribution in [2.75, 3.05) is 6.61 Å². The lowest BCUT2D eigenvalue weighted by Crippen LogP contribution is -1.92. The summed E-state index contributed by atoms with van der Waals surface area (Å²) in [6.45, 7) is 1.05. The van der Waals surface area contributed by atoms with E-state index >= 15 is 0 Å². The smallest absolute Gasteiger partial charge is 0.293 e. The van der Waals surface area contributed by atoms with Crippen LogP contribution in [0.1, 0.15) is 18.4 Å². The third kappa shape index (κ3) is 3.53. The van der Waals surface area contributed by atoms with Gasteiger partial charge in [-0.3, -0.25) is 4.79 Å². The lowest BCUT2D eigenvalue weighted by atomic mass is 10.1. The molecule has 0 radical (unpaired) electrons. The van der Waals surface area contributed by atoms with Gasteiger partial charge < -0.3 is 4.74 Å². The summed E-state index contributed by atoms with van der Waals surface area (Å²) in [5.41, 5.74) is 1.38. The Morgan fingerprint density at radius 3 is 3.08 bits per heavy atom. The molecule has 0 N–H and O–H groups in total. The fourth-order valence-electron chi connectivity index (χ4n) is 0.998. The highest BCUT2D eigenvalue weighted by molar-refractivity contribution is 7.07. The molecule has 0 aromatic carbocycles. The molecule has 0 unspecified atom stereocenters. The summed E-state index contributed by atoms with van der Waals surface area (Å²) in [5, 5.41) is 4.23. The highest BCUT2D eigenvalue weighted by Gasteiger charge is 1.92. The largest absolute Gasteiger partial charge is 0.468 e. The Morgan fingerprint density at radius 1 is 1.50 bits per heavy atom. The van der Waals surface area contributed by atoms with Gasteiger partial charge in [0.2, 0.25) is 0 Å². The fraction of sp³-hybridized carbons (Fsp3) is 0.444. The minimum absolute atomic E-state index is 0.505. The normalized spacial score (nSPS) is 9.67. The summed E-state index contributed by atoms with van der Waals surface area (Å²) in [6, 6.07) is 2.13. The number of rotatable bonds is 6. The molecule has 1 heterocycles. The van der Waals surface area contributed by atoms with Crippen molar-refractivity contribution in [1.82, 2.24) is 0 Å². The molecule has 0 aliphatic rings. The summed E-state index contributed by atoms with van der Waals surface area (Å²) in [7, 11) is 0. The Balaban J connectivity index is 2.00. The molecule has 0 saturated heterocycles. The summed E-state index contributed by atoms with van der Waals surface area (Å²) in [5.74, 6) is 0. The van der Waals surface area contributed by atoms with E-state index in [-0.39, 0.29) is 0 Å². The van der Waals surface area contributed by atoms with Crippen molar-refractivity contribution in [2.45, 2.75) is 19.3 Å². The maximum atomic E-state index is 9.78. The molecule has 0 spiro atoms. The van der Waals surface area contributed by atoms with E-state index in [1.165, 1.54) is 5.56 Å². The van der Waals surface area contributed by atoms with E-state index in [0.29, 0.717) is 13.1 Å². The number of aryl methyl sites for hydroxylation is 1. The van der Waals surface area contributed by atoms with Gasteiger partial charge in [-0.1, -0.05) is 0 Å². The molecule has 2 nitrogen and oxygen atoms in total. The van der Waals surface area contributed by atoms with Gasteiger partial charge in [0.1, 0.15) is 0 Å². The van der Waals surface area contributed by atoms with E-state index in [0.717, 1.165) is 19.3 Å². The van der Waals surface area contributed by atoms with Crippen LogP contribution in [0.15, 0.2) is 16.8 Å². The molecule has 1 rings (SSSR count). The number of carbonyl (C=O) groups is 1. The van der Waals surface area contributed by atoms with Crippen LogP contribution in [0.4, 0.5) is 0 Å². The Labute approximate surface area is 76.2 Å². The van der Waals surface area contributed by atoms with Crippen LogP contribution in [-0.4, -0.2) is 13.1 Å². The first-order valence-corrected chi connectivity index (χ1v) is 4.94. The SMILES string of the molecule is O=COCCCCc1ccsc1. The second-order valence-corrected chi connectivity index (χ2v) is 3.34. The molecule has 0 aliphatic carbocycles. The van der Waals surface area contributed by atoms with Crippen LogP contribution in [0.3, 0.4) is 0 Å².